The number of nitrogens with zero attached hydrogens (tertiary/aromatic N) is 2. The van der Waals surface area contributed by atoms with E-state index in [1.807, 2.05) is 58.2 Å². The van der Waals surface area contributed by atoms with Gasteiger partial charge in [0.15, 0.2) is 0 Å². The van der Waals surface area contributed by atoms with Gasteiger partial charge < -0.3 is 10.6 Å². The van der Waals surface area contributed by atoms with Crippen molar-refractivity contribution < 1.29 is 4.79 Å². The number of hydrogen-bond acceptors (Lipinski definition) is 2. The van der Waals surface area contributed by atoms with Crippen LogP contribution in [0.4, 0.5) is 10.5 Å². The highest BCUT2D eigenvalue weighted by atomic mass is 16.2. The number of rotatable bonds is 2. The van der Waals surface area contributed by atoms with Crippen molar-refractivity contribution in [3.8, 4) is 11.3 Å². The number of nitrogens with one attached hydrogen (secondary N) is 2. The number of urea groups is 1. The molecule has 2 amide bonds. The van der Waals surface area contributed by atoms with Crippen LogP contribution in [0.3, 0.4) is 0 Å². The summed E-state index contributed by atoms with van der Waals surface area (Å²) in [4.78, 5) is 12.0. The van der Waals surface area contributed by atoms with Gasteiger partial charge in [0, 0.05) is 18.2 Å². The Morgan fingerprint density at radius 1 is 1.20 bits per heavy atom. The summed E-state index contributed by atoms with van der Waals surface area (Å²) in [6.45, 7) is 5.82. The van der Waals surface area contributed by atoms with Crippen molar-refractivity contribution in [1.82, 2.24) is 15.1 Å². The number of aromatic nitrogens is 2. The number of carbonyl (C=O) groups excluding carboxylic acids is 1. The fourth-order valence-corrected chi connectivity index (χ4v) is 1.96. The number of benzene rings is 1. The molecule has 0 fully saturated rings. The molecule has 0 aliphatic rings. The molecular formula is C15H20N4O. The summed E-state index contributed by atoms with van der Waals surface area (Å²) in [7, 11) is 1.86. The summed E-state index contributed by atoms with van der Waals surface area (Å²) in [6, 6.07) is 9.62. The second-order valence-corrected chi connectivity index (χ2v) is 5.73. The van der Waals surface area contributed by atoms with Gasteiger partial charge in [-0.1, -0.05) is 30.3 Å². The molecule has 0 aliphatic heterocycles. The summed E-state index contributed by atoms with van der Waals surface area (Å²) in [6.07, 6.45) is 1.66. The molecule has 2 aromatic rings. The molecule has 0 radical (unpaired) electrons. The third-order valence-corrected chi connectivity index (χ3v) is 2.72. The average molecular weight is 272 g/mol. The molecule has 1 heterocycles. The summed E-state index contributed by atoms with van der Waals surface area (Å²) in [5.74, 6) is 0. The maximum atomic E-state index is 12.0. The Balaban J connectivity index is 2.24. The topological polar surface area (TPSA) is 59.0 Å². The highest BCUT2D eigenvalue weighted by Crippen LogP contribution is 2.26. The van der Waals surface area contributed by atoms with Crippen LogP contribution < -0.4 is 10.6 Å². The highest BCUT2D eigenvalue weighted by Gasteiger charge is 2.17. The molecule has 0 saturated heterocycles. The number of amides is 2. The SMILES string of the molecule is Cn1ncc(NC(=O)NC(C)(C)C)c1-c1ccccc1. The van der Waals surface area contributed by atoms with E-state index in [1.165, 1.54) is 0 Å². The lowest BCUT2D eigenvalue weighted by molar-refractivity contribution is 0.244. The fourth-order valence-electron chi connectivity index (χ4n) is 1.96. The van der Waals surface area contributed by atoms with Gasteiger partial charge in [-0.2, -0.15) is 5.10 Å². The van der Waals surface area contributed by atoms with E-state index in [9.17, 15) is 4.79 Å². The molecule has 1 aromatic carbocycles. The van der Waals surface area contributed by atoms with Crippen molar-refractivity contribution in [2.45, 2.75) is 26.3 Å². The minimum atomic E-state index is -0.279. The first-order valence-corrected chi connectivity index (χ1v) is 6.53. The van der Waals surface area contributed by atoms with Crippen molar-refractivity contribution >= 4 is 11.7 Å². The van der Waals surface area contributed by atoms with E-state index in [1.54, 1.807) is 10.9 Å². The molecule has 0 bridgehead atoms. The summed E-state index contributed by atoms with van der Waals surface area (Å²) < 4.78 is 1.75. The third-order valence-electron chi connectivity index (χ3n) is 2.72. The largest absolute Gasteiger partial charge is 0.333 e. The monoisotopic (exact) mass is 272 g/mol. The molecule has 0 spiro atoms. The van der Waals surface area contributed by atoms with E-state index in [2.05, 4.69) is 15.7 Å². The first-order chi connectivity index (χ1) is 9.37. The van der Waals surface area contributed by atoms with Crippen molar-refractivity contribution in [1.29, 1.82) is 0 Å². The fraction of sp³-hybridized carbons (Fsp3) is 0.333. The zero-order valence-corrected chi connectivity index (χ0v) is 12.3. The number of anilines is 1. The Bertz CT molecular complexity index is 596. The molecule has 106 valence electrons. The normalized spacial score (nSPS) is 11.2. The van der Waals surface area contributed by atoms with Crippen LogP contribution in [0.1, 0.15) is 20.8 Å². The Hall–Kier alpha value is -2.30. The van der Waals surface area contributed by atoms with E-state index in [-0.39, 0.29) is 11.6 Å². The quantitative estimate of drug-likeness (QED) is 0.883. The minimum Gasteiger partial charge on any atom is -0.333 e. The lowest BCUT2D eigenvalue weighted by Gasteiger charge is -2.20. The summed E-state index contributed by atoms with van der Waals surface area (Å²) >= 11 is 0. The van der Waals surface area contributed by atoms with Crippen molar-refractivity contribution in [2.24, 2.45) is 7.05 Å². The smallest absolute Gasteiger partial charge is 0.319 e. The maximum absolute atomic E-state index is 12.0. The third kappa shape index (κ3) is 3.38. The number of hydrogen-bond donors (Lipinski definition) is 2. The van der Waals surface area contributed by atoms with E-state index < -0.39 is 0 Å². The minimum absolute atomic E-state index is 0.234. The van der Waals surface area contributed by atoms with Crippen LogP contribution in [0.15, 0.2) is 36.5 Å². The number of aryl methyl sites for hydroxylation is 1. The molecule has 0 unspecified atom stereocenters. The van der Waals surface area contributed by atoms with Crippen molar-refractivity contribution in [2.75, 3.05) is 5.32 Å². The Labute approximate surface area is 119 Å². The summed E-state index contributed by atoms with van der Waals surface area (Å²) in [5.41, 5.74) is 2.31. The molecular weight excluding hydrogens is 252 g/mol. The van der Waals surface area contributed by atoms with E-state index in [0.717, 1.165) is 11.3 Å². The Kier molecular flexibility index (Phi) is 3.79. The zero-order valence-electron chi connectivity index (χ0n) is 12.3. The van der Waals surface area contributed by atoms with Gasteiger partial charge in [-0.25, -0.2) is 4.79 Å². The van der Waals surface area contributed by atoms with Crippen LogP contribution in [-0.4, -0.2) is 21.4 Å². The molecule has 5 nitrogen and oxygen atoms in total. The predicted molar refractivity (Wildman–Crippen MR) is 80.6 cm³/mol. The van der Waals surface area contributed by atoms with E-state index in [0.29, 0.717) is 5.69 Å². The van der Waals surface area contributed by atoms with E-state index >= 15 is 0 Å². The summed E-state index contributed by atoms with van der Waals surface area (Å²) in [5, 5.41) is 9.94. The standard InChI is InChI=1S/C15H20N4O/c1-15(2,3)18-14(20)17-12-10-16-19(4)13(12)11-8-6-5-7-9-11/h5-10H,1-4H3,(H2,17,18,20). The predicted octanol–water partition coefficient (Wildman–Crippen LogP) is 3.01. The van der Waals surface area contributed by atoms with E-state index in [4.69, 9.17) is 0 Å². The van der Waals surface area contributed by atoms with Gasteiger partial charge in [-0.05, 0) is 20.8 Å². The lowest BCUT2D eigenvalue weighted by atomic mass is 10.1. The Morgan fingerprint density at radius 3 is 2.45 bits per heavy atom. The van der Waals surface area contributed by atoms with Crippen LogP contribution in [0.5, 0.6) is 0 Å². The average Bonchev–Trinajstić information content (AvgIpc) is 2.69. The second kappa shape index (κ2) is 5.36. The van der Waals surface area contributed by atoms with Gasteiger partial charge in [0.05, 0.1) is 17.6 Å². The van der Waals surface area contributed by atoms with Gasteiger partial charge in [0.1, 0.15) is 0 Å². The number of carbonyl (C=O) groups is 1. The molecule has 5 heteroatoms. The molecule has 1 aromatic heterocycles. The zero-order chi connectivity index (χ0) is 14.8. The maximum Gasteiger partial charge on any atom is 0.319 e. The van der Waals surface area contributed by atoms with Gasteiger partial charge in [0.2, 0.25) is 0 Å². The van der Waals surface area contributed by atoms with Crippen molar-refractivity contribution in [3.05, 3.63) is 36.5 Å². The first-order valence-electron chi connectivity index (χ1n) is 6.53. The van der Waals surface area contributed by atoms with Gasteiger partial charge >= 0.3 is 6.03 Å². The molecule has 2 rings (SSSR count). The van der Waals surface area contributed by atoms with Crippen LogP contribution in [0, 0.1) is 0 Å². The van der Waals surface area contributed by atoms with Crippen molar-refractivity contribution in [3.63, 3.8) is 0 Å². The molecule has 2 N–H and O–H groups in total. The van der Waals surface area contributed by atoms with Crippen LogP contribution in [0.2, 0.25) is 0 Å². The van der Waals surface area contributed by atoms with Crippen LogP contribution in [-0.2, 0) is 7.05 Å². The van der Waals surface area contributed by atoms with Gasteiger partial charge in [0.25, 0.3) is 0 Å². The van der Waals surface area contributed by atoms with Crippen LogP contribution >= 0.6 is 0 Å². The lowest BCUT2D eigenvalue weighted by Crippen LogP contribution is -2.43. The molecule has 0 aliphatic carbocycles. The second-order valence-electron chi connectivity index (χ2n) is 5.73. The Morgan fingerprint density at radius 2 is 1.85 bits per heavy atom. The first kappa shape index (κ1) is 14.1. The van der Waals surface area contributed by atoms with Crippen LogP contribution in [0.25, 0.3) is 11.3 Å². The van der Waals surface area contributed by atoms with Gasteiger partial charge in [-0.3, -0.25) is 4.68 Å². The molecule has 0 saturated carbocycles. The highest BCUT2D eigenvalue weighted by molar-refractivity contribution is 5.93. The molecule has 0 atom stereocenters. The van der Waals surface area contributed by atoms with Gasteiger partial charge in [-0.15, -0.1) is 0 Å². The molecule has 20 heavy (non-hydrogen) atoms.